The third-order valence-corrected chi connectivity index (χ3v) is 4.16. The first-order chi connectivity index (χ1) is 8.59. The van der Waals surface area contributed by atoms with Gasteiger partial charge in [-0.2, -0.15) is 0 Å². The highest BCUT2D eigenvalue weighted by molar-refractivity contribution is 5.23. The highest BCUT2D eigenvalue weighted by Crippen LogP contribution is 2.34. The van der Waals surface area contributed by atoms with Gasteiger partial charge in [-0.3, -0.25) is 0 Å². The molecule has 1 aliphatic rings. The standard InChI is InChI=1S/C16H24FN/c1-13-10-14(6-7-15(13)17)11-18-12-16(2)8-4-3-5-9-16/h6-7,10,18H,3-5,8-9,11-12H2,1-2H3. The zero-order valence-electron chi connectivity index (χ0n) is 11.6. The van der Waals surface area contributed by atoms with Crippen molar-refractivity contribution in [2.45, 2.75) is 52.5 Å². The molecule has 1 saturated carbocycles. The van der Waals surface area contributed by atoms with Gasteiger partial charge in [0.1, 0.15) is 5.82 Å². The SMILES string of the molecule is Cc1cc(CNCC2(C)CCCCC2)ccc1F. The second-order valence-electron chi connectivity index (χ2n) is 6.06. The van der Waals surface area contributed by atoms with Crippen LogP contribution in [0.5, 0.6) is 0 Å². The van der Waals surface area contributed by atoms with Gasteiger partial charge >= 0.3 is 0 Å². The zero-order chi connectivity index (χ0) is 13.0. The molecule has 1 nitrogen and oxygen atoms in total. The van der Waals surface area contributed by atoms with Crippen LogP contribution in [0.25, 0.3) is 0 Å². The number of benzene rings is 1. The van der Waals surface area contributed by atoms with E-state index in [-0.39, 0.29) is 5.82 Å². The number of hydrogen-bond acceptors (Lipinski definition) is 1. The van der Waals surface area contributed by atoms with Crippen LogP contribution in [0.4, 0.5) is 4.39 Å². The molecule has 2 rings (SSSR count). The molecule has 0 bridgehead atoms. The monoisotopic (exact) mass is 249 g/mol. The number of halogens is 1. The molecular formula is C16H24FN. The molecule has 0 unspecified atom stereocenters. The number of aryl methyl sites for hydroxylation is 1. The maximum absolute atomic E-state index is 13.2. The van der Waals surface area contributed by atoms with Gasteiger partial charge in [-0.25, -0.2) is 4.39 Å². The fourth-order valence-corrected chi connectivity index (χ4v) is 2.91. The molecular weight excluding hydrogens is 225 g/mol. The highest BCUT2D eigenvalue weighted by Gasteiger charge is 2.25. The quantitative estimate of drug-likeness (QED) is 0.843. The van der Waals surface area contributed by atoms with Gasteiger partial charge in [0, 0.05) is 13.1 Å². The molecule has 1 N–H and O–H groups in total. The third-order valence-electron chi connectivity index (χ3n) is 4.16. The molecule has 0 radical (unpaired) electrons. The smallest absolute Gasteiger partial charge is 0.126 e. The van der Waals surface area contributed by atoms with Crippen LogP contribution in [0.2, 0.25) is 0 Å². The Bertz CT molecular complexity index is 394. The molecule has 18 heavy (non-hydrogen) atoms. The van der Waals surface area contributed by atoms with E-state index in [0.717, 1.165) is 18.7 Å². The van der Waals surface area contributed by atoms with E-state index in [2.05, 4.69) is 12.2 Å². The van der Waals surface area contributed by atoms with Crippen molar-refractivity contribution in [3.8, 4) is 0 Å². The lowest BCUT2D eigenvalue weighted by molar-refractivity contribution is 0.207. The van der Waals surface area contributed by atoms with Gasteiger partial charge in [0.15, 0.2) is 0 Å². The summed E-state index contributed by atoms with van der Waals surface area (Å²) in [4.78, 5) is 0. The fourth-order valence-electron chi connectivity index (χ4n) is 2.91. The van der Waals surface area contributed by atoms with Crippen LogP contribution in [0.3, 0.4) is 0 Å². The molecule has 100 valence electrons. The summed E-state index contributed by atoms with van der Waals surface area (Å²) in [5.74, 6) is -0.113. The van der Waals surface area contributed by atoms with Crippen LogP contribution in [-0.4, -0.2) is 6.54 Å². The molecule has 0 aliphatic heterocycles. The van der Waals surface area contributed by atoms with E-state index in [9.17, 15) is 4.39 Å². The van der Waals surface area contributed by atoms with Crippen molar-refractivity contribution in [2.24, 2.45) is 5.41 Å². The predicted octanol–water partition coefficient (Wildman–Crippen LogP) is 4.19. The van der Waals surface area contributed by atoms with Crippen molar-refractivity contribution in [2.75, 3.05) is 6.54 Å². The van der Waals surface area contributed by atoms with Crippen molar-refractivity contribution >= 4 is 0 Å². The summed E-state index contributed by atoms with van der Waals surface area (Å²) in [5, 5.41) is 3.54. The molecule has 0 heterocycles. The molecule has 1 fully saturated rings. The molecule has 1 aromatic rings. The first kappa shape index (κ1) is 13.5. The summed E-state index contributed by atoms with van der Waals surface area (Å²) < 4.78 is 13.2. The van der Waals surface area contributed by atoms with Crippen LogP contribution in [0.15, 0.2) is 18.2 Å². The Morgan fingerprint density at radius 2 is 1.94 bits per heavy atom. The van der Waals surface area contributed by atoms with Crippen LogP contribution < -0.4 is 5.32 Å². The minimum atomic E-state index is -0.113. The van der Waals surface area contributed by atoms with Crippen molar-refractivity contribution in [1.82, 2.24) is 5.32 Å². The molecule has 0 amide bonds. The lowest BCUT2D eigenvalue weighted by Crippen LogP contribution is -2.33. The molecule has 2 heteroatoms. The van der Waals surface area contributed by atoms with Crippen LogP contribution >= 0.6 is 0 Å². The Labute approximate surface area is 110 Å². The van der Waals surface area contributed by atoms with Crippen LogP contribution in [0.1, 0.15) is 50.2 Å². The topological polar surface area (TPSA) is 12.0 Å². The summed E-state index contributed by atoms with van der Waals surface area (Å²) in [6.45, 7) is 6.12. The summed E-state index contributed by atoms with van der Waals surface area (Å²) in [6, 6.07) is 5.37. The Morgan fingerprint density at radius 3 is 2.61 bits per heavy atom. The number of rotatable bonds is 4. The van der Waals surface area contributed by atoms with E-state index >= 15 is 0 Å². The Hall–Kier alpha value is -0.890. The van der Waals surface area contributed by atoms with Crippen molar-refractivity contribution < 1.29 is 4.39 Å². The van der Waals surface area contributed by atoms with Crippen molar-refractivity contribution in [1.29, 1.82) is 0 Å². The van der Waals surface area contributed by atoms with Gasteiger partial charge in [0.05, 0.1) is 0 Å². The zero-order valence-corrected chi connectivity index (χ0v) is 11.6. The molecule has 0 saturated heterocycles. The summed E-state index contributed by atoms with van der Waals surface area (Å²) in [6.07, 6.45) is 6.80. The third kappa shape index (κ3) is 3.55. The Morgan fingerprint density at radius 1 is 1.22 bits per heavy atom. The van der Waals surface area contributed by atoms with E-state index in [4.69, 9.17) is 0 Å². The maximum atomic E-state index is 13.2. The van der Waals surface area contributed by atoms with Crippen LogP contribution in [-0.2, 0) is 6.54 Å². The van der Waals surface area contributed by atoms with Gasteiger partial charge in [-0.15, -0.1) is 0 Å². The van der Waals surface area contributed by atoms with Crippen molar-refractivity contribution in [3.63, 3.8) is 0 Å². The molecule has 0 aromatic heterocycles. The molecule has 0 spiro atoms. The molecule has 1 aromatic carbocycles. The second kappa shape index (κ2) is 5.83. The van der Waals surface area contributed by atoms with Gasteiger partial charge in [-0.1, -0.05) is 38.3 Å². The number of hydrogen-bond donors (Lipinski definition) is 1. The van der Waals surface area contributed by atoms with E-state index in [0.29, 0.717) is 5.41 Å². The van der Waals surface area contributed by atoms with E-state index in [1.54, 1.807) is 6.07 Å². The maximum Gasteiger partial charge on any atom is 0.126 e. The largest absolute Gasteiger partial charge is 0.312 e. The average Bonchev–Trinajstić information content (AvgIpc) is 2.34. The second-order valence-corrected chi connectivity index (χ2v) is 6.06. The van der Waals surface area contributed by atoms with Crippen LogP contribution in [0, 0.1) is 18.2 Å². The number of nitrogens with one attached hydrogen (secondary N) is 1. The normalized spacial score (nSPS) is 18.8. The Balaban J connectivity index is 1.82. The van der Waals surface area contributed by atoms with Gasteiger partial charge in [0.25, 0.3) is 0 Å². The summed E-state index contributed by atoms with van der Waals surface area (Å²) in [5.41, 5.74) is 2.37. The highest BCUT2D eigenvalue weighted by atomic mass is 19.1. The summed E-state index contributed by atoms with van der Waals surface area (Å²) in [7, 11) is 0. The molecule has 0 atom stereocenters. The lowest BCUT2D eigenvalue weighted by atomic mass is 9.76. The Kier molecular flexibility index (Phi) is 4.39. The molecule has 1 aliphatic carbocycles. The first-order valence-electron chi connectivity index (χ1n) is 7.05. The van der Waals surface area contributed by atoms with Crippen molar-refractivity contribution in [3.05, 3.63) is 35.1 Å². The minimum absolute atomic E-state index is 0.113. The fraction of sp³-hybridized carbons (Fsp3) is 0.625. The predicted molar refractivity (Wildman–Crippen MR) is 74.0 cm³/mol. The van der Waals surface area contributed by atoms with Gasteiger partial charge in [-0.05, 0) is 42.4 Å². The van der Waals surface area contributed by atoms with Gasteiger partial charge in [0.2, 0.25) is 0 Å². The minimum Gasteiger partial charge on any atom is -0.312 e. The summed E-state index contributed by atoms with van der Waals surface area (Å²) >= 11 is 0. The van der Waals surface area contributed by atoms with Gasteiger partial charge < -0.3 is 5.32 Å². The first-order valence-corrected chi connectivity index (χ1v) is 7.05. The van der Waals surface area contributed by atoms with E-state index in [1.807, 2.05) is 19.1 Å². The average molecular weight is 249 g/mol. The lowest BCUT2D eigenvalue weighted by Gasteiger charge is -2.33. The van der Waals surface area contributed by atoms with E-state index in [1.165, 1.54) is 37.7 Å². The van der Waals surface area contributed by atoms with E-state index < -0.39 is 0 Å².